The summed E-state index contributed by atoms with van der Waals surface area (Å²) in [5, 5.41) is 9.09. The van der Waals surface area contributed by atoms with Crippen LogP contribution in [0.3, 0.4) is 0 Å². The quantitative estimate of drug-likeness (QED) is 0.690. The fraction of sp³-hybridized carbons (Fsp3) is 0.800. The molecule has 0 aliphatic heterocycles. The fourth-order valence-corrected chi connectivity index (χ4v) is 1.68. The van der Waals surface area contributed by atoms with Gasteiger partial charge in [0.05, 0.1) is 0 Å². The van der Waals surface area contributed by atoms with Crippen LogP contribution < -0.4 is 0 Å². The van der Waals surface area contributed by atoms with E-state index in [1.807, 2.05) is 20.8 Å². The lowest BCUT2D eigenvalue weighted by Gasteiger charge is -2.34. The summed E-state index contributed by atoms with van der Waals surface area (Å²) in [5.41, 5.74) is -0.421. The molecule has 0 radical (unpaired) electrons. The van der Waals surface area contributed by atoms with Gasteiger partial charge in [0.2, 0.25) is 6.41 Å². The number of hydrogen-bond acceptors (Lipinski definition) is 2. The second kappa shape index (κ2) is 3.59. The SMILES string of the molecule is CC(C)(C)C(C(=O)O)N(C=O)C1CC1. The smallest absolute Gasteiger partial charge is 0.326 e. The Labute approximate surface area is 83.9 Å². The first-order valence-electron chi connectivity index (χ1n) is 4.83. The van der Waals surface area contributed by atoms with Crippen molar-refractivity contribution in [3.8, 4) is 0 Å². The molecule has 1 aliphatic carbocycles. The molecule has 0 aromatic rings. The second-order valence-electron chi connectivity index (χ2n) is 4.89. The number of amides is 1. The van der Waals surface area contributed by atoms with Crippen molar-refractivity contribution in [2.45, 2.75) is 45.7 Å². The normalized spacial score (nSPS) is 18.8. The molecule has 1 N–H and O–H groups in total. The van der Waals surface area contributed by atoms with Crippen LogP contribution >= 0.6 is 0 Å². The number of carboxylic acids is 1. The van der Waals surface area contributed by atoms with E-state index in [0.29, 0.717) is 6.41 Å². The Morgan fingerprint density at radius 2 is 2.00 bits per heavy atom. The summed E-state index contributed by atoms with van der Waals surface area (Å²) >= 11 is 0. The summed E-state index contributed by atoms with van der Waals surface area (Å²) in [5.74, 6) is -0.920. The van der Waals surface area contributed by atoms with Crippen LogP contribution in [0, 0.1) is 5.41 Å². The maximum Gasteiger partial charge on any atom is 0.326 e. The summed E-state index contributed by atoms with van der Waals surface area (Å²) in [7, 11) is 0. The van der Waals surface area contributed by atoms with Crippen LogP contribution in [0.25, 0.3) is 0 Å². The number of hydrogen-bond donors (Lipinski definition) is 1. The maximum absolute atomic E-state index is 11.1. The summed E-state index contributed by atoms with van der Waals surface area (Å²) in [6.07, 6.45) is 2.53. The molecule has 14 heavy (non-hydrogen) atoms. The third-order valence-corrected chi connectivity index (χ3v) is 2.44. The molecule has 1 amide bonds. The molecule has 1 atom stereocenters. The number of rotatable bonds is 4. The molecule has 4 heteroatoms. The molecule has 0 aromatic carbocycles. The van der Waals surface area contributed by atoms with Gasteiger partial charge in [-0.3, -0.25) is 4.79 Å². The van der Waals surface area contributed by atoms with Gasteiger partial charge in [-0.1, -0.05) is 20.8 Å². The minimum atomic E-state index is -0.920. The fourth-order valence-electron chi connectivity index (χ4n) is 1.68. The molecular weight excluding hydrogens is 182 g/mol. The topological polar surface area (TPSA) is 57.6 Å². The number of carboxylic acid groups (broad SMARTS) is 1. The highest BCUT2D eigenvalue weighted by atomic mass is 16.4. The number of nitrogens with zero attached hydrogens (tertiary/aromatic N) is 1. The van der Waals surface area contributed by atoms with E-state index in [4.69, 9.17) is 5.11 Å². The zero-order valence-electron chi connectivity index (χ0n) is 8.86. The predicted molar refractivity (Wildman–Crippen MR) is 51.8 cm³/mol. The Bertz CT molecular complexity index is 240. The molecule has 1 aliphatic rings. The highest BCUT2D eigenvalue weighted by molar-refractivity contribution is 5.77. The summed E-state index contributed by atoms with van der Waals surface area (Å²) in [6, 6.07) is -0.569. The highest BCUT2D eigenvalue weighted by Crippen LogP contribution is 2.33. The van der Waals surface area contributed by atoms with E-state index in [0.717, 1.165) is 12.8 Å². The summed E-state index contributed by atoms with van der Waals surface area (Å²) in [6.45, 7) is 5.51. The molecule has 1 unspecified atom stereocenters. The molecule has 0 bridgehead atoms. The molecule has 0 saturated heterocycles. The third-order valence-electron chi connectivity index (χ3n) is 2.44. The zero-order chi connectivity index (χ0) is 10.9. The van der Waals surface area contributed by atoms with E-state index in [1.54, 1.807) is 0 Å². The summed E-state index contributed by atoms with van der Waals surface area (Å²) < 4.78 is 0. The van der Waals surface area contributed by atoms with Gasteiger partial charge >= 0.3 is 5.97 Å². The molecule has 1 fully saturated rings. The van der Waals surface area contributed by atoms with Gasteiger partial charge in [-0.25, -0.2) is 4.79 Å². The first-order chi connectivity index (χ1) is 6.38. The van der Waals surface area contributed by atoms with Crippen LogP contribution in [-0.2, 0) is 9.59 Å². The number of aliphatic carboxylic acids is 1. The lowest BCUT2D eigenvalue weighted by Crippen LogP contribution is -2.49. The maximum atomic E-state index is 11.1. The average molecular weight is 199 g/mol. The Morgan fingerprint density at radius 3 is 2.21 bits per heavy atom. The van der Waals surface area contributed by atoms with Crippen molar-refractivity contribution < 1.29 is 14.7 Å². The molecule has 0 aromatic heterocycles. The predicted octanol–water partition coefficient (Wildman–Crippen LogP) is 1.11. The first-order valence-corrected chi connectivity index (χ1v) is 4.83. The van der Waals surface area contributed by atoms with Crippen LogP contribution in [0.4, 0.5) is 0 Å². The van der Waals surface area contributed by atoms with Gasteiger partial charge < -0.3 is 10.0 Å². The van der Waals surface area contributed by atoms with Crippen molar-refractivity contribution in [3.63, 3.8) is 0 Å². The Hall–Kier alpha value is -1.06. The minimum absolute atomic E-state index is 0.146. The van der Waals surface area contributed by atoms with Crippen molar-refractivity contribution in [2.24, 2.45) is 5.41 Å². The van der Waals surface area contributed by atoms with E-state index < -0.39 is 17.4 Å². The van der Waals surface area contributed by atoms with Crippen molar-refractivity contribution in [1.82, 2.24) is 4.90 Å². The number of carbonyl (C=O) groups is 2. The monoisotopic (exact) mass is 199 g/mol. The lowest BCUT2D eigenvalue weighted by atomic mass is 9.85. The van der Waals surface area contributed by atoms with Crippen LogP contribution in [0.2, 0.25) is 0 Å². The van der Waals surface area contributed by atoms with Crippen LogP contribution in [0.1, 0.15) is 33.6 Å². The minimum Gasteiger partial charge on any atom is -0.480 e. The van der Waals surface area contributed by atoms with Crippen LogP contribution in [0.15, 0.2) is 0 Å². The Kier molecular flexibility index (Phi) is 2.83. The Morgan fingerprint density at radius 1 is 1.50 bits per heavy atom. The van der Waals surface area contributed by atoms with Gasteiger partial charge in [-0.05, 0) is 18.3 Å². The van der Waals surface area contributed by atoms with Crippen molar-refractivity contribution in [2.75, 3.05) is 0 Å². The Balaban J connectivity index is 2.84. The number of carbonyl (C=O) groups excluding carboxylic acids is 1. The van der Waals surface area contributed by atoms with Crippen LogP contribution in [-0.4, -0.2) is 34.5 Å². The van der Waals surface area contributed by atoms with Gasteiger partial charge in [-0.15, -0.1) is 0 Å². The van der Waals surface area contributed by atoms with E-state index in [1.165, 1.54) is 4.90 Å². The van der Waals surface area contributed by atoms with Crippen molar-refractivity contribution >= 4 is 12.4 Å². The van der Waals surface area contributed by atoms with Gasteiger partial charge in [0.1, 0.15) is 6.04 Å². The molecule has 80 valence electrons. The van der Waals surface area contributed by atoms with Gasteiger partial charge in [0.25, 0.3) is 0 Å². The van der Waals surface area contributed by atoms with Crippen molar-refractivity contribution in [1.29, 1.82) is 0 Å². The highest BCUT2D eigenvalue weighted by Gasteiger charge is 2.42. The lowest BCUT2D eigenvalue weighted by molar-refractivity contribution is -0.151. The molecule has 0 heterocycles. The third kappa shape index (κ3) is 2.25. The van der Waals surface area contributed by atoms with Crippen molar-refractivity contribution in [3.05, 3.63) is 0 Å². The first kappa shape index (κ1) is 11.0. The van der Waals surface area contributed by atoms with E-state index in [-0.39, 0.29) is 6.04 Å². The molecule has 1 saturated carbocycles. The molecule has 0 spiro atoms. The molecule has 4 nitrogen and oxygen atoms in total. The zero-order valence-corrected chi connectivity index (χ0v) is 8.86. The standard InChI is InChI=1S/C10H17NO3/c1-10(2,3)8(9(13)14)11(6-12)7-4-5-7/h6-8H,4-5H2,1-3H3,(H,13,14). The van der Waals surface area contributed by atoms with Gasteiger partial charge in [0, 0.05) is 6.04 Å². The second-order valence-corrected chi connectivity index (χ2v) is 4.89. The largest absolute Gasteiger partial charge is 0.480 e. The molecular formula is C10H17NO3. The average Bonchev–Trinajstić information content (AvgIpc) is 2.78. The van der Waals surface area contributed by atoms with Gasteiger partial charge in [-0.2, -0.15) is 0 Å². The van der Waals surface area contributed by atoms with Gasteiger partial charge in [0.15, 0.2) is 0 Å². The van der Waals surface area contributed by atoms with Crippen LogP contribution in [0.5, 0.6) is 0 Å². The van der Waals surface area contributed by atoms with E-state index >= 15 is 0 Å². The summed E-state index contributed by atoms with van der Waals surface area (Å²) in [4.78, 5) is 23.4. The van der Waals surface area contributed by atoms with E-state index in [9.17, 15) is 9.59 Å². The molecule has 1 rings (SSSR count). The van der Waals surface area contributed by atoms with E-state index in [2.05, 4.69) is 0 Å².